The van der Waals surface area contributed by atoms with Crippen molar-refractivity contribution in [1.29, 1.82) is 5.26 Å². The van der Waals surface area contributed by atoms with Crippen molar-refractivity contribution in [2.24, 2.45) is 28.9 Å². The van der Waals surface area contributed by atoms with Gasteiger partial charge in [0.15, 0.2) is 0 Å². The zero-order chi connectivity index (χ0) is 20.9. The molecule has 6 rings (SSSR count). The average molecular weight is 409 g/mol. The summed E-state index contributed by atoms with van der Waals surface area (Å²) in [6.45, 7) is 1.21. The summed E-state index contributed by atoms with van der Waals surface area (Å²) < 4.78 is 6.02. The van der Waals surface area contributed by atoms with E-state index in [2.05, 4.69) is 16.4 Å². The summed E-state index contributed by atoms with van der Waals surface area (Å²) in [7, 11) is 0. The number of ether oxygens (including phenoxy) is 1. The second-order valence-electron chi connectivity index (χ2n) is 9.58. The molecular weight excluding hydrogens is 382 g/mol. The quantitative estimate of drug-likeness (QED) is 0.787. The van der Waals surface area contributed by atoms with Gasteiger partial charge in [-0.3, -0.25) is 4.79 Å². The molecule has 3 atom stereocenters. The molecule has 2 unspecified atom stereocenters. The number of primary amides is 1. The summed E-state index contributed by atoms with van der Waals surface area (Å²) >= 11 is 0. The summed E-state index contributed by atoms with van der Waals surface area (Å²) in [5, 5.41) is 12.2. The first-order chi connectivity index (χ1) is 14.5. The predicted octanol–water partition coefficient (Wildman–Crippen LogP) is 2.26. The van der Waals surface area contributed by atoms with E-state index in [1.165, 1.54) is 6.20 Å². The van der Waals surface area contributed by atoms with Gasteiger partial charge in [0.25, 0.3) is 0 Å². The van der Waals surface area contributed by atoms with Gasteiger partial charge in [-0.15, -0.1) is 0 Å². The highest BCUT2D eigenvalue weighted by Gasteiger charge is 2.59. The summed E-state index contributed by atoms with van der Waals surface area (Å²) in [6.07, 6.45) is 6.54. The fraction of sp³-hybridized carbons (Fsp3) is 0.636. The van der Waals surface area contributed by atoms with Crippen molar-refractivity contribution in [1.82, 2.24) is 9.88 Å². The maximum Gasteiger partial charge on any atom is 0.410 e. The Morgan fingerprint density at radius 3 is 2.67 bits per heavy atom. The smallest absolute Gasteiger partial charge is 0.410 e. The Balaban J connectivity index is 1.18. The molecule has 8 nitrogen and oxygen atoms in total. The molecule has 4 aliphatic carbocycles. The zero-order valence-electron chi connectivity index (χ0n) is 16.9. The Labute approximate surface area is 175 Å². The number of nitrogens with two attached hydrogens (primary N) is 1. The number of nitriles is 1. The highest BCUT2D eigenvalue weighted by atomic mass is 16.6. The Morgan fingerprint density at radius 2 is 2.03 bits per heavy atom. The third kappa shape index (κ3) is 3.26. The van der Waals surface area contributed by atoms with Gasteiger partial charge in [0.05, 0.1) is 11.0 Å². The van der Waals surface area contributed by atoms with E-state index in [9.17, 15) is 9.59 Å². The van der Waals surface area contributed by atoms with Crippen LogP contribution in [0.4, 0.5) is 10.6 Å². The van der Waals surface area contributed by atoms with E-state index in [1.807, 2.05) is 0 Å². The van der Waals surface area contributed by atoms with Crippen LogP contribution in [0.5, 0.6) is 0 Å². The number of hydrogen-bond donors (Lipinski definition) is 2. The fourth-order valence-corrected chi connectivity index (χ4v) is 6.46. The van der Waals surface area contributed by atoms with Crippen molar-refractivity contribution < 1.29 is 14.3 Å². The molecule has 0 aromatic carbocycles. The van der Waals surface area contributed by atoms with Crippen LogP contribution >= 0.6 is 0 Å². The number of anilines is 1. The fourth-order valence-electron chi connectivity index (χ4n) is 6.46. The van der Waals surface area contributed by atoms with Crippen LogP contribution in [-0.2, 0) is 9.53 Å². The third-order valence-corrected chi connectivity index (χ3v) is 7.64. The lowest BCUT2D eigenvalue weighted by atomic mass is 9.48. The minimum atomic E-state index is -0.365. The van der Waals surface area contributed by atoms with Crippen molar-refractivity contribution in [2.75, 3.05) is 18.4 Å². The molecule has 1 aliphatic heterocycles. The van der Waals surface area contributed by atoms with Crippen molar-refractivity contribution in [3.05, 3.63) is 23.9 Å². The van der Waals surface area contributed by atoms with Gasteiger partial charge in [-0.05, 0) is 68.4 Å². The molecule has 1 aromatic heterocycles. The summed E-state index contributed by atoms with van der Waals surface area (Å²) in [5.74, 6) is 1.59. The van der Waals surface area contributed by atoms with Crippen LogP contribution in [0.25, 0.3) is 0 Å². The van der Waals surface area contributed by atoms with Gasteiger partial charge in [0.1, 0.15) is 18.0 Å². The number of rotatable bonds is 4. The monoisotopic (exact) mass is 409 g/mol. The van der Waals surface area contributed by atoms with E-state index >= 15 is 0 Å². The van der Waals surface area contributed by atoms with Gasteiger partial charge in [0, 0.05) is 25.3 Å². The molecular formula is C22H27N5O3. The number of hydrogen-bond acceptors (Lipinski definition) is 6. The number of nitrogens with one attached hydrogen (secondary N) is 1. The van der Waals surface area contributed by atoms with Crippen molar-refractivity contribution in [3.8, 4) is 6.07 Å². The van der Waals surface area contributed by atoms with E-state index in [0.717, 1.165) is 38.5 Å². The highest BCUT2D eigenvalue weighted by molar-refractivity contribution is 5.81. The molecule has 30 heavy (non-hydrogen) atoms. The van der Waals surface area contributed by atoms with Crippen LogP contribution in [0.1, 0.15) is 44.1 Å². The average Bonchev–Trinajstić information content (AvgIpc) is 3.19. The molecule has 1 saturated heterocycles. The largest absolute Gasteiger partial charge is 0.446 e. The first kappa shape index (κ1) is 19.2. The van der Waals surface area contributed by atoms with Gasteiger partial charge >= 0.3 is 6.09 Å². The highest BCUT2D eigenvalue weighted by Crippen LogP contribution is 2.60. The molecule has 0 spiro atoms. The van der Waals surface area contributed by atoms with Gasteiger partial charge < -0.3 is 20.7 Å². The lowest BCUT2D eigenvalue weighted by Crippen LogP contribution is -2.59. The predicted molar refractivity (Wildman–Crippen MR) is 108 cm³/mol. The van der Waals surface area contributed by atoms with E-state index in [1.54, 1.807) is 17.0 Å². The molecule has 158 valence electrons. The SMILES string of the molecule is N#Cc1ccc(N[C@@H]2CCN(C(=O)OC3C4CC5CC3CC(C(N)=O)(C5)C4)C2)nc1. The number of carbonyl (C=O) groups excluding carboxylic acids is 2. The number of pyridine rings is 1. The maximum absolute atomic E-state index is 12.9. The molecule has 3 N–H and O–H groups in total. The van der Waals surface area contributed by atoms with Crippen LogP contribution in [0.2, 0.25) is 0 Å². The van der Waals surface area contributed by atoms with Crippen molar-refractivity contribution in [3.63, 3.8) is 0 Å². The van der Waals surface area contributed by atoms with E-state index < -0.39 is 0 Å². The molecule has 5 aliphatic rings. The maximum atomic E-state index is 12.9. The molecule has 5 fully saturated rings. The Morgan fingerprint density at radius 1 is 1.27 bits per heavy atom. The summed E-state index contributed by atoms with van der Waals surface area (Å²) in [6, 6.07) is 5.66. The molecule has 2 heterocycles. The van der Waals surface area contributed by atoms with Crippen molar-refractivity contribution in [2.45, 2.75) is 50.7 Å². The Bertz CT molecular complexity index is 879. The molecule has 0 radical (unpaired) electrons. The number of aromatic nitrogens is 1. The van der Waals surface area contributed by atoms with E-state index in [0.29, 0.717) is 30.4 Å². The molecule has 4 saturated carbocycles. The lowest BCUT2D eigenvalue weighted by Gasteiger charge is -2.58. The standard InChI is InChI=1S/C22H27N5O3/c23-10-13-1-2-18(25-11-13)26-17-3-4-27(12-17)21(29)30-19-15-5-14-6-16(19)9-22(7-14,8-15)20(24)28/h1-2,11,14-17,19H,3-9,12H2,(H2,24,28)(H,25,26)/t14?,15?,16?,17-,19?,22?/m1/s1. The van der Waals surface area contributed by atoms with Crippen LogP contribution < -0.4 is 11.1 Å². The van der Waals surface area contributed by atoms with E-state index in [4.69, 9.17) is 15.7 Å². The normalized spacial score (nSPS) is 36.4. The third-order valence-electron chi connectivity index (χ3n) is 7.64. The van der Waals surface area contributed by atoms with Crippen LogP contribution in [-0.4, -0.2) is 47.1 Å². The van der Waals surface area contributed by atoms with Gasteiger partial charge in [-0.2, -0.15) is 5.26 Å². The van der Waals surface area contributed by atoms with Gasteiger partial charge in [0.2, 0.25) is 5.91 Å². The number of likely N-dealkylation sites (tertiary alicyclic amines) is 1. The van der Waals surface area contributed by atoms with Crippen LogP contribution in [0.15, 0.2) is 18.3 Å². The summed E-state index contributed by atoms with van der Waals surface area (Å²) in [4.78, 5) is 31.0. The molecule has 4 bridgehead atoms. The van der Waals surface area contributed by atoms with E-state index in [-0.39, 0.29) is 41.4 Å². The van der Waals surface area contributed by atoms with Crippen LogP contribution in [0.3, 0.4) is 0 Å². The summed E-state index contributed by atoms with van der Waals surface area (Å²) in [5.41, 5.74) is 5.90. The molecule has 1 aromatic rings. The first-order valence-corrected chi connectivity index (χ1v) is 10.8. The number of carbonyl (C=O) groups is 2. The zero-order valence-corrected chi connectivity index (χ0v) is 16.9. The first-order valence-electron chi connectivity index (χ1n) is 10.8. The Hall–Kier alpha value is -2.82. The topological polar surface area (TPSA) is 121 Å². The second-order valence-corrected chi connectivity index (χ2v) is 9.58. The van der Waals surface area contributed by atoms with Gasteiger partial charge in [-0.1, -0.05) is 0 Å². The minimum Gasteiger partial charge on any atom is -0.446 e. The number of nitrogens with zero attached hydrogens (tertiary/aromatic N) is 3. The number of amides is 2. The Kier molecular flexibility index (Phi) is 4.57. The molecule has 2 amide bonds. The minimum absolute atomic E-state index is 0.0891. The van der Waals surface area contributed by atoms with Gasteiger partial charge in [-0.25, -0.2) is 9.78 Å². The van der Waals surface area contributed by atoms with Crippen molar-refractivity contribution >= 4 is 17.8 Å². The van der Waals surface area contributed by atoms with Crippen LogP contribution in [0, 0.1) is 34.5 Å². The second kappa shape index (κ2) is 7.15. The molecule has 8 heteroatoms. The lowest BCUT2D eigenvalue weighted by molar-refractivity contribution is -0.161.